The van der Waals surface area contributed by atoms with E-state index in [4.69, 9.17) is 0 Å². The van der Waals surface area contributed by atoms with E-state index < -0.39 is 6.10 Å². The fourth-order valence-corrected chi connectivity index (χ4v) is 4.84. The van der Waals surface area contributed by atoms with E-state index in [1.165, 1.54) is 22.0 Å². The Morgan fingerprint density at radius 3 is 2.59 bits per heavy atom. The van der Waals surface area contributed by atoms with Crippen LogP contribution in [0.3, 0.4) is 0 Å². The number of benzene rings is 3. The smallest absolute Gasteiger partial charge is 0.224 e. The zero-order chi connectivity index (χ0) is 21.9. The van der Waals surface area contributed by atoms with Crippen molar-refractivity contribution in [3.05, 3.63) is 66.2 Å². The third-order valence-corrected chi connectivity index (χ3v) is 6.53. The molecule has 3 aromatic carbocycles. The Morgan fingerprint density at radius 2 is 1.72 bits per heavy atom. The molecule has 0 spiro atoms. The number of nitrogens with one attached hydrogen (secondary N) is 2. The fourth-order valence-electron chi connectivity index (χ4n) is 4.84. The van der Waals surface area contributed by atoms with Crippen molar-refractivity contribution in [1.29, 1.82) is 0 Å². The van der Waals surface area contributed by atoms with E-state index in [2.05, 4.69) is 50.8 Å². The molecule has 1 atom stereocenters. The van der Waals surface area contributed by atoms with Gasteiger partial charge in [0, 0.05) is 68.1 Å². The molecule has 6 heteroatoms. The Balaban J connectivity index is 1.14. The topological polar surface area (TPSA) is 67.8 Å². The second kappa shape index (κ2) is 9.18. The summed E-state index contributed by atoms with van der Waals surface area (Å²) in [6, 6.07) is 20.7. The Hall–Kier alpha value is -3.09. The molecule has 1 unspecified atom stereocenters. The molecule has 5 rings (SSSR count). The number of aliphatic hydroxyl groups excluding tert-OH is 1. The molecule has 3 N–H and O–H groups in total. The van der Waals surface area contributed by atoms with Crippen molar-refractivity contribution in [3.63, 3.8) is 0 Å². The van der Waals surface area contributed by atoms with Crippen molar-refractivity contribution in [2.75, 3.05) is 54.8 Å². The van der Waals surface area contributed by atoms with Crippen LogP contribution in [0.2, 0.25) is 0 Å². The van der Waals surface area contributed by atoms with E-state index in [0.717, 1.165) is 44.0 Å². The molecule has 1 saturated heterocycles. The summed E-state index contributed by atoms with van der Waals surface area (Å²) >= 11 is 0. The summed E-state index contributed by atoms with van der Waals surface area (Å²) in [6.45, 7) is 4.87. The van der Waals surface area contributed by atoms with Gasteiger partial charge in [-0.25, -0.2) is 0 Å². The van der Waals surface area contributed by atoms with Gasteiger partial charge in [0.05, 0.1) is 6.10 Å². The largest absolute Gasteiger partial charge is 0.390 e. The predicted molar refractivity (Wildman–Crippen MR) is 130 cm³/mol. The molecule has 32 heavy (non-hydrogen) atoms. The highest BCUT2D eigenvalue weighted by atomic mass is 16.3. The second-order valence-electron chi connectivity index (χ2n) is 8.70. The van der Waals surface area contributed by atoms with Gasteiger partial charge in [-0.1, -0.05) is 42.5 Å². The van der Waals surface area contributed by atoms with Crippen molar-refractivity contribution in [1.82, 2.24) is 4.90 Å². The number of aliphatic hydroxyl groups is 1. The Kier molecular flexibility index (Phi) is 5.97. The van der Waals surface area contributed by atoms with Gasteiger partial charge in [-0.05, 0) is 35.6 Å². The normalized spacial score (nSPS) is 17.7. The van der Waals surface area contributed by atoms with Crippen LogP contribution in [0.15, 0.2) is 60.7 Å². The molecule has 2 aliphatic rings. The minimum absolute atomic E-state index is 0.102. The minimum atomic E-state index is -0.430. The van der Waals surface area contributed by atoms with Crippen LogP contribution in [0.1, 0.15) is 12.0 Å². The average Bonchev–Trinajstić information content (AvgIpc) is 2.82. The Bertz CT molecular complexity index is 1100. The third-order valence-electron chi connectivity index (χ3n) is 6.53. The van der Waals surface area contributed by atoms with Gasteiger partial charge < -0.3 is 20.6 Å². The summed E-state index contributed by atoms with van der Waals surface area (Å²) in [5.74, 6) is 0.102. The lowest BCUT2D eigenvalue weighted by atomic mass is 10.00. The number of hydrogen-bond donors (Lipinski definition) is 3. The standard InChI is InChI=1S/C26H30N4O2/c31-20(17-27-23-8-3-6-19-5-1-2-7-21(19)23)18-29-13-15-30(16-14-29)25-10-4-9-24-22(25)11-12-26(32)28-24/h1-10,20,27,31H,11-18H2,(H,28,32). The van der Waals surface area contributed by atoms with Gasteiger partial charge in [-0.15, -0.1) is 0 Å². The summed E-state index contributed by atoms with van der Waals surface area (Å²) in [7, 11) is 0. The van der Waals surface area contributed by atoms with Crippen LogP contribution < -0.4 is 15.5 Å². The number of anilines is 3. The lowest BCUT2D eigenvalue weighted by Gasteiger charge is -2.38. The van der Waals surface area contributed by atoms with Gasteiger partial charge in [0.25, 0.3) is 0 Å². The maximum absolute atomic E-state index is 11.7. The van der Waals surface area contributed by atoms with Crippen molar-refractivity contribution in [3.8, 4) is 0 Å². The highest BCUT2D eigenvalue weighted by Crippen LogP contribution is 2.32. The van der Waals surface area contributed by atoms with Crippen LogP contribution in [0.4, 0.5) is 17.1 Å². The maximum Gasteiger partial charge on any atom is 0.224 e. The van der Waals surface area contributed by atoms with E-state index in [9.17, 15) is 9.90 Å². The van der Waals surface area contributed by atoms with Crippen LogP contribution in [-0.4, -0.2) is 61.3 Å². The zero-order valence-electron chi connectivity index (χ0n) is 18.3. The molecule has 1 amide bonds. The molecule has 0 bridgehead atoms. The maximum atomic E-state index is 11.7. The van der Waals surface area contributed by atoms with E-state index in [1.807, 2.05) is 30.3 Å². The van der Waals surface area contributed by atoms with Crippen LogP contribution in [0.25, 0.3) is 10.8 Å². The predicted octanol–water partition coefficient (Wildman–Crippen LogP) is 3.32. The van der Waals surface area contributed by atoms with Crippen molar-refractivity contribution in [2.24, 2.45) is 0 Å². The van der Waals surface area contributed by atoms with Crippen LogP contribution >= 0.6 is 0 Å². The highest BCUT2D eigenvalue weighted by molar-refractivity contribution is 5.95. The van der Waals surface area contributed by atoms with Gasteiger partial charge in [-0.3, -0.25) is 9.69 Å². The Labute approximate surface area is 188 Å². The summed E-state index contributed by atoms with van der Waals surface area (Å²) in [4.78, 5) is 16.5. The number of fused-ring (bicyclic) bond motifs is 2. The molecule has 0 saturated carbocycles. The van der Waals surface area contributed by atoms with Gasteiger partial charge >= 0.3 is 0 Å². The first kappa shape index (κ1) is 20.8. The zero-order valence-corrected chi connectivity index (χ0v) is 18.3. The molecule has 0 radical (unpaired) electrons. The number of carbonyl (C=O) groups excluding carboxylic acids is 1. The monoisotopic (exact) mass is 430 g/mol. The number of hydrogen-bond acceptors (Lipinski definition) is 5. The molecule has 6 nitrogen and oxygen atoms in total. The quantitative estimate of drug-likeness (QED) is 0.560. The minimum Gasteiger partial charge on any atom is -0.390 e. The van der Waals surface area contributed by atoms with E-state index in [0.29, 0.717) is 19.5 Å². The average molecular weight is 431 g/mol. The number of amides is 1. The molecular formula is C26H30N4O2. The number of β-amino-alcohol motifs (C(OH)–C–C–N with tert-alkyl or cyclic N) is 1. The number of rotatable bonds is 6. The van der Waals surface area contributed by atoms with Crippen LogP contribution in [-0.2, 0) is 11.2 Å². The van der Waals surface area contributed by atoms with E-state index in [1.54, 1.807) is 0 Å². The van der Waals surface area contributed by atoms with Crippen molar-refractivity contribution < 1.29 is 9.90 Å². The lowest BCUT2D eigenvalue weighted by molar-refractivity contribution is -0.116. The first-order valence-electron chi connectivity index (χ1n) is 11.5. The van der Waals surface area contributed by atoms with Gasteiger partial charge in [-0.2, -0.15) is 0 Å². The van der Waals surface area contributed by atoms with Gasteiger partial charge in [0.1, 0.15) is 0 Å². The third kappa shape index (κ3) is 4.42. The first-order valence-corrected chi connectivity index (χ1v) is 11.5. The summed E-state index contributed by atoms with van der Waals surface area (Å²) < 4.78 is 0. The molecular weight excluding hydrogens is 400 g/mol. The Morgan fingerprint density at radius 1 is 0.938 bits per heavy atom. The van der Waals surface area contributed by atoms with E-state index >= 15 is 0 Å². The number of nitrogens with zero attached hydrogens (tertiary/aromatic N) is 2. The summed E-state index contributed by atoms with van der Waals surface area (Å²) in [5.41, 5.74) is 4.50. The molecule has 2 aliphatic heterocycles. The molecule has 166 valence electrons. The highest BCUT2D eigenvalue weighted by Gasteiger charge is 2.24. The molecule has 1 fully saturated rings. The van der Waals surface area contributed by atoms with Crippen molar-refractivity contribution >= 4 is 33.7 Å². The SMILES string of the molecule is O=C1CCc2c(cccc2N2CCN(CC(O)CNc3cccc4ccccc34)CC2)N1. The van der Waals surface area contributed by atoms with E-state index in [-0.39, 0.29) is 5.91 Å². The van der Waals surface area contributed by atoms with Gasteiger partial charge in [0.2, 0.25) is 5.91 Å². The first-order chi connectivity index (χ1) is 15.7. The summed E-state index contributed by atoms with van der Waals surface area (Å²) in [6.07, 6.45) is 0.927. The van der Waals surface area contributed by atoms with Crippen LogP contribution in [0.5, 0.6) is 0 Å². The number of carbonyl (C=O) groups is 1. The molecule has 0 aromatic heterocycles. The fraction of sp³-hybridized carbons (Fsp3) is 0.346. The molecule has 0 aliphatic carbocycles. The lowest BCUT2D eigenvalue weighted by Crippen LogP contribution is -2.49. The van der Waals surface area contributed by atoms with Crippen molar-refractivity contribution in [2.45, 2.75) is 18.9 Å². The van der Waals surface area contributed by atoms with Gasteiger partial charge in [0.15, 0.2) is 0 Å². The molecule has 2 heterocycles. The number of piperazine rings is 1. The van der Waals surface area contributed by atoms with Crippen LogP contribution in [0, 0.1) is 0 Å². The molecule has 3 aromatic rings. The second-order valence-corrected chi connectivity index (χ2v) is 8.70. The summed E-state index contributed by atoms with van der Waals surface area (Å²) in [5, 5.41) is 19.4.